The molecule has 134 valence electrons. The molecule has 0 radical (unpaired) electrons. The summed E-state index contributed by atoms with van der Waals surface area (Å²) >= 11 is 0. The number of carbonyl (C=O) groups excluding carboxylic acids is 2. The molecule has 0 aliphatic heterocycles. The molecule has 0 unspecified atom stereocenters. The summed E-state index contributed by atoms with van der Waals surface area (Å²) < 4.78 is 2.76. The SMILES string of the molecule is CCCNC(=O)c1nn(CC)cc1NC(=O)Cn1cc(C(=O)O)cn1. The first-order chi connectivity index (χ1) is 11.9. The maximum Gasteiger partial charge on any atom is 0.338 e. The number of aromatic carboxylic acids is 1. The lowest BCUT2D eigenvalue weighted by Gasteiger charge is -2.06. The topological polar surface area (TPSA) is 131 Å². The van der Waals surface area contributed by atoms with Crippen molar-refractivity contribution in [2.45, 2.75) is 33.4 Å². The van der Waals surface area contributed by atoms with Gasteiger partial charge < -0.3 is 15.7 Å². The van der Waals surface area contributed by atoms with Crippen molar-refractivity contribution in [2.75, 3.05) is 11.9 Å². The molecule has 3 N–H and O–H groups in total. The van der Waals surface area contributed by atoms with E-state index in [4.69, 9.17) is 5.11 Å². The fraction of sp³-hybridized carbons (Fsp3) is 0.400. The molecule has 10 heteroatoms. The number of anilines is 1. The molecule has 2 heterocycles. The lowest BCUT2D eigenvalue weighted by molar-refractivity contribution is -0.116. The first-order valence-corrected chi connectivity index (χ1v) is 7.85. The van der Waals surface area contributed by atoms with Crippen molar-refractivity contribution in [3.8, 4) is 0 Å². The van der Waals surface area contributed by atoms with E-state index < -0.39 is 11.9 Å². The Morgan fingerprint density at radius 3 is 2.56 bits per heavy atom. The van der Waals surface area contributed by atoms with Crippen LogP contribution in [0.1, 0.15) is 41.1 Å². The quantitative estimate of drug-likeness (QED) is 0.639. The Kier molecular flexibility index (Phi) is 5.88. The Balaban J connectivity index is 2.09. The Hall–Kier alpha value is -3.17. The molecule has 0 spiro atoms. The molecular formula is C15H20N6O4. The number of aromatic nitrogens is 4. The Morgan fingerprint density at radius 2 is 1.96 bits per heavy atom. The van der Waals surface area contributed by atoms with Gasteiger partial charge in [0.15, 0.2) is 5.69 Å². The van der Waals surface area contributed by atoms with E-state index in [2.05, 4.69) is 20.8 Å². The molecule has 2 amide bonds. The monoisotopic (exact) mass is 348 g/mol. The zero-order chi connectivity index (χ0) is 18.4. The maximum absolute atomic E-state index is 12.2. The molecule has 25 heavy (non-hydrogen) atoms. The van der Waals surface area contributed by atoms with E-state index >= 15 is 0 Å². The Labute approximate surface area is 143 Å². The minimum Gasteiger partial charge on any atom is -0.478 e. The molecule has 0 saturated carbocycles. The van der Waals surface area contributed by atoms with Crippen LogP contribution in [0, 0.1) is 0 Å². The van der Waals surface area contributed by atoms with Gasteiger partial charge in [0.25, 0.3) is 5.91 Å². The van der Waals surface area contributed by atoms with Gasteiger partial charge in [-0.2, -0.15) is 10.2 Å². The van der Waals surface area contributed by atoms with Gasteiger partial charge in [-0.25, -0.2) is 4.79 Å². The first kappa shape index (κ1) is 18.2. The average Bonchev–Trinajstić information content (AvgIpc) is 3.19. The fourth-order valence-corrected chi connectivity index (χ4v) is 2.06. The normalized spacial score (nSPS) is 10.5. The summed E-state index contributed by atoms with van der Waals surface area (Å²) in [7, 11) is 0. The summed E-state index contributed by atoms with van der Waals surface area (Å²) in [5, 5.41) is 22.2. The number of aryl methyl sites for hydroxylation is 1. The van der Waals surface area contributed by atoms with E-state index in [1.807, 2.05) is 13.8 Å². The molecule has 0 atom stereocenters. The van der Waals surface area contributed by atoms with Crippen molar-refractivity contribution in [3.63, 3.8) is 0 Å². The van der Waals surface area contributed by atoms with Gasteiger partial charge in [0.05, 0.1) is 17.4 Å². The Morgan fingerprint density at radius 1 is 1.20 bits per heavy atom. The van der Waals surface area contributed by atoms with E-state index in [1.54, 1.807) is 10.9 Å². The lowest BCUT2D eigenvalue weighted by Crippen LogP contribution is -2.26. The second-order valence-electron chi connectivity index (χ2n) is 5.28. The number of amides is 2. The summed E-state index contributed by atoms with van der Waals surface area (Å²) in [6.45, 7) is 4.68. The summed E-state index contributed by atoms with van der Waals surface area (Å²) in [5.41, 5.74) is 0.424. The van der Waals surface area contributed by atoms with Crippen LogP contribution in [0.15, 0.2) is 18.6 Å². The number of carboxylic acids is 1. The molecule has 2 rings (SSSR count). The van der Waals surface area contributed by atoms with Gasteiger partial charge in [-0.05, 0) is 13.3 Å². The standard InChI is InChI=1S/C15H20N6O4/c1-3-5-16-14(23)13-11(8-20(4-2)19-13)18-12(22)9-21-7-10(6-17-21)15(24)25/h6-8H,3-5,9H2,1-2H3,(H,16,23)(H,18,22)(H,24,25). The van der Waals surface area contributed by atoms with Crippen molar-refractivity contribution in [1.29, 1.82) is 0 Å². The largest absolute Gasteiger partial charge is 0.478 e. The third kappa shape index (κ3) is 4.66. The molecule has 2 aromatic rings. The number of hydrogen-bond donors (Lipinski definition) is 3. The molecular weight excluding hydrogens is 328 g/mol. The second-order valence-corrected chi connectivity index (χ2v) is 5.28. The van der Waals surface area contributed by atoms with Crippen LogP contribution in [-0.2, 0) is 17.9 Å². The van der Waals surface area contributed by atoms with Crippen molar-refractivity contribution in [3.05, 3.63) is 29.8 Å². The third-order valence-electron chi connectivity index (χ3n) is 3.30. The second kappa shape index (κ2) is 8.08. The minimum atomic E-state index is -1.12. The van der Waals surface area contributed by atoms with Gasteiger partial charge in [-0.15, -0.1) is 0 Å². The third-order valence-corrected chi connectivity index (χ3v) is 3.30. The highest BCUT2D eigenvalue weighted by Crippen LogP contribution is 2.14. The van der Waals surface area contributed by atoms with Crippen LogP contribution in [0.5, 0.6) is 0 Å². The number of carboxylic acid groups (broad SMARTS) is 1. The summed E-state index contributed by atoms with van der Waals surface area (Å²) in [6.07, 6.45) is 4.78. The van der Waals surface area contributed by atoms with E-state index in [-0.39, 0.29) is 23.7 Å². The van der Waals surface area contributed by atoms with E-state index in [1.165, 1.54) is 10.9 Å². The number of hydrogen-bond acceptors (Lipinski definition) is 5. The van der Waals surface area contributed by atoms with Crippen LogP contribution in [-0.4, -0.2) is 49.0 Å². The molecule has 0 bridgehead atoms. The van der Waals surface area contributed by atoms with E-state index in [0.29, 0.717) is 18.8 Å². The van der Waals surface area contributed by atoms with Crippen LogP contribution >= 0.6 is 0 Å². The van der Waals surface area contributed by atoms with Crippen molar-refractivity contribution in [1.82, 2.24) is 24.9 Å². The molecule has 0 fully saturated rings. The molecule has 0 aliphatic carbocycles. The van der Waals surface area contributed by atoms with Crippen molar-refractivity contribution >= 4 is 23.5 Å². The minimum absolute atomic E-state index is 0.00812. The highest BCUT2D eigenvalue weighted by molar-refractivity contribution is 6.02. The van der Waals surface area contributed by atoms with Crippen LogP contribution in [0.4, 0.5) is 5.69 Å². The van der Waals surface area contributed by atoms with Gasteiger partial charge in [-0.1, -0.05) is 6.92 Å². The number of rotatable bonds is 8. The fourth-order valence-electron chi connectivity index (χ4n) is 2.06. The maximum atomic E-state index is 12.2. The molecule has 0 aromatic carbocycles. The molecule has 0 aliphatic rings. The lowest BCUT2D eigenvalue weighted by atomic mass is 10.3. The number of nitrogens with zero attached hydrogens (tertiary/aromatic N) is 4. The Bertz CT molecular complexity index is 779. The van der Waals surface area contributed by atoms with Crippen LogP contribution in [0.2, 0.25) is 0 Å². The van der Waals surface area contributed by atoms with Gasteiger partial charge >= 0.3 is 5.97 Å². The van der Waals surface area contributed by atoms with Crippen molar-refractivity contribution < 1.29 is 19.5 Å². The highest BCUT2D eigenvalue weighted by Gasteiger charge is 2.18. The summed E-state index contributed by atoms with van der Waals surface area (Å²) in [6, 6.07) is 0. The smallest absolute Gasteiger partial charge is 0.338 e. The molecule has 0 saturated heterocycles. The van der Waals surface area contributed by atoms with Gasteiger partial charge in [-0.3, -0.25) is 19.0 Å². The van der Waals surface area contributed by atoms with Crippen LogP contribution in [0.3, 0.4) is 0 Å². The van der Waals surface area contributed by atoms with Gasteiger partial charge in [0.1, 0.15) is 6.54 Å². The van der Waals surface area contributed by atoms with Gasteiger partial charge in [0, 0.05) is 25.5 Å². The molecule has 10 nitrogen and oxygen atoms in total. The highest BCUT2D eigenvalue weighted by atomic mass is 16.4. The zero-order valence-corrected chi connectivity index (χ0v) is 14.0. The summed E-state index contributed by atoms with van der Waals surface area (Å²) in [4.78, 5) is 35.1. The predicted octanol–water partition coefficient (Wildman–Crippen LogP) is 0.576. The number of nitrogens with one attached hydrogen (secondary N) is 2. The average molecular weight is 348 g/mol. The zero-order valence-electron chi connectivity index (χ0n) is 14.0. The van der Waals surface area contributed by atoms with Gasteiger partial charge in [0.2, 0.25) is 5.91 Å². The van der Waals surface area contributed by atoms with Crippen LogP contribution < -0.4 is 10.6 Å². The van der Waals surface area contributed by atoms with E-state index in [9.17, 15) is 14.4 Å². The predicted molar refractivity (Wildman–Crippen MR) is 88.3 cm³/mol. The summed E-state index contributed by atoms with van der Waals surface area (Å²) in [5.74, 6) is -1.93. The van der Waals surface area contributed by atoms with Crippen molar-refractivity contribution in [2.24, 2.45) is 0 Å². The number of carbonyl (C=O) groups is 3. The van der Waals surface area contributed by atoms with E-state index in [0.717, 1.165) is 12.6 Å². The first-order valence-electron chi connectivity index (χ1n) is 7.85. The molecule has 2 aromatic heterocycles. The van der Waals surface area contributed by atoms with Crippen LogP contribution in [0.25, 0.3) is 0 Å².